The first kappa shape index (κ1) is 25.9. The first-order chi connectivity index (χ1) is 17.7. The standard InChI is InChI=1S/C26H27F4N4O2S/c27-18-1-8-25-17(13-18)14-22(37-25)16-32-9-11-33(12-10-32)21-5-2-19(3-6-21)31-20-4-7-24(34(35)36)23(15-20)26(28,29)30/h1,4-5,7-8,13-15,19,21,31H,2-3,6,9-12,16H2. The summed E-state index contributed by atoms with van der Waals surface area (Å²) >= 11 is 1.70. The molecule has 6 nitrogen and oxygen atoms in total. The lowest BCUT2D eigenvalue weighted by molar-refractivity contribution is -0.388. The van der Waals surface area contributed by atoms with Crippen molar-refractivity contribution in [2.24, 2.45) is 0 Å². The number of fused-ring (bicyclic) bond motifs is 1. The number of anilines is 1. The zero-order valence-electron chi connectivity index (χ0n) is 20.0. The Morgan fingerprint density at radius 2 is 1.84 bits per heavy atom. The number of hydrogen-bond donors (Lipinski definition) is 1. The summed E-state index contributed by atoms with van der Waals surface area (Å²) in [6.07, 6.45) is -0.146. The molecule has 1 saturated heterocycles. The van der Waals surface area contributed by atoms with Gasteiger partial charge in [-0.3, -0.25) is 19.9 Å². The van der Waals surface area contributed by atoms with Gasteiger partial charge < -0.3 is 5.32 Å². The van der Waals surface area contributed by atoms with Crippen LogP contribution < -0.4 is 5.32 Å². The summed E-state index contributed by atoms with van der Waals surface area (Å²) < 4.78 is 54.4. The number of nitro groups is 1. The van der Waals surface area contributed by atoms with Crippen molar-refractivity contribution in [3.8, 4) is 0 Å². The Balaban J connectivity index is 1.10. The fourth-order valence-electron chi connectivity index (χ4n) is 5.26. The van der Waals surface area contributed by atoms with E-state index >= 15 is 0 Å². The molecule has 2 atom stereocenters. The van der Waals surface area contributed by atoms with E-state index in [1.807, 2.05) is 6.07 Å². The average molecular weight is 536 g/mol. The van der Waals surface area contributed by atoms with E-state index in [9.17, 15) is 27.7 Å². The zero-order chi connectivity index (χ0) is 26.2. The van der Waals surface area contributed by atoms with Crippen LogP contribution in [0, 0.1) is 22.4 Å². The lowest BCUT2D eigenvalue weighted by Crippen LogP contribution is -2.51. The van der Waals surface area contributed by atoms with E-state index in [1.165, 1.54) is 17.0 Å². The number of benzene rings is 2. The van der Waals surface area contributed by atoms with Gasteiger partial charge in [0.25, 0.3) is 5.69 Å². The van der Waals surface area contributed by atoms with Crippen molar-refractivity contribution in [2.45, 2.75) is 44.1 Å². The van der Waals surface area contributed by atoms with Crippen molar-refractivity contribution in [1.29, 1.82) is 0 Å². The van der Waals surface area contributed by atoms with E-state index in [-0.39, 0.29) is 17.5 Å². The molecular weight excluding hydrogens is 508 g/mol. The van der Waals surface area contributed by atoms with E-state index < -0.39 is 22.4 Å². The van der Waals surface area contributed by atoms with Crippen molar-refractivity contribution < 1.29 is 22.5 Å². The molecule has 11 heteroatoms. The molecule has 5 rings (SSSR count). The predicted octanol–water partition coefficient (Wildman–Crippen LogP) is 6.32. The first-order valence-corrected chi connectivity index (χ1v) is 13.1. The molecule has 2 aromatic carbocycles. The summed E-state index contributed by atoms with van der Waals surface area (Å²) in [5.41, 5.74) is -1.93. The van der Waals surface area contributed by atoms with Crippen LogP contribution in [0.5, 0.6) is 0 Å². The van der Waals surface area contributed by atoms with Gasteiger partial charge in [0.05, 0.1) is 4.92 Å². The molecule has 1 aliphatic carbocycles. The van der Waals surface area contributed by atoms with E-state index in [0.29, 0.717) is 12.5 Å². The Morgan fingerprint density at radius 1 is 1.05 bits per heavy atom. The highest BCUT2D eigenvalue weighted by Gasteiger charge is 2.38. The summed E-state index contributed by atoms with van der Waals surface area (Å²) in [5.74, 6) is -0.217. The van der Waals surface area contributed by atoms with Crippen LogP contribution >= 0.6 is 11.3 Å². The summed E-state index contributed by atoms with van der Waals surface area (Å²) in [6.45, 7) is 4.62. The highest BCUT2D eigenvalue weighted by atomic mass is 32.1. The Morgan fingerprint density at radius 3 is 2.51 bits per heavy atom. The molecule has 0 amide bonds. The minimum Gasteiger partial charge on any atom is -0.382 e. The topological polar surface area (TPSA) is 61.7 Å². The third-order valence-electron chi connectivity index (χ3n) is 7.16. The molecule has 37 heavy (non-hydrogen) atoms. The molecule has 0 bridgehead atoms. The highest BCUT2D eigenvalue weighted by Crippen LogP contribution is 2.38. The van der Waals surface area contributed by atoms with Gasteiger partial charge in [-0.15, -0.1) is 11.3 Å². The molecule has 1 radical (unpaired) electrons. The van der Waals surface area contributed by atoms with Crippen molar-refractivity contribution in [2.75, 3.05) is 31.5 Å². The third-order valence-corrected chi connectivity index (χ3v) is 8.26. The number of rotatable bonds is 6. The van der Waals surface area contributed by atoms with Crippen molar-refractivity contribution >= 4 is 32.8 Å². The zero-order valence-corrected chi connectivity index (χ0v) is 20.8. The van der Waals surface area contributed by atoms with Crippen molar-refractivity contribution in [1.82, 2.24) is 9.80 Å². The third kappa shape index (κ3) is 6.05. The number of halogens is 4. The molecule has 2 fully saturated rings. The lowest BCUT2D eigenvalue weighted by atomic mass is 9.89. The summed E-state index contributed by atoms with van der Waals surface area (Å²) in [4.78, 5) is 16.1. The SMILES string of the molecule is O=[N+]([O-])c1ccc(NC2C[CH]C(N3CCN(Cc4cc5cc(F)ccc5s4)CC3)CC2)cc1C(F)(F)F. The van der Waals surface area contributed by atoms with E-state index in [0.717, 1.165) is 67.8 Å². The van der Waals surface area contributed by atoms with Crippen LogP contribution in [0.4, 0.5) is 28.9 Å². The Bertz CT molecular complexity index is 1270. The maximum atomic E-state index is 13.5. The van der Waals surface area contributed by atoms with Gasteiger partial charge in [0.2, 0.25) is 0 Å². The maximum absolute atomic E-state index is 13.5. The number of nitrogens with zero attached hydrogens (tertiary/aromatic N) is 3. The molecule has 3 aromatic rings. The van der Waals surface area contributed by atoms with Crippen LogP contribution in [0.1, 0.15) is 29.7 Å². The summed E-state index contributed by atoms with van der Waals surface area (Å²) in [7, 11) is 0. The first-order valence-electron chi connectivity index (χ1n) is 12.3. The second-order valence-electron chi connectivity index (χ2n) is 9.65. The van der Waals surface area contributed by atoms with Crippen LogP contribution in [0.25, 0.3) is 10.1 Å². The molecule has 1 aliphatic heterocycles. The monoisotopic (exact) mass is 535 g/mol. The molecule has 1 aromatic heterocycles. The minimum absolute atomic E-state index is 0.0159. The highest BCUT2D eigenvalue weighted by molar-refractivity contribution is 7.19. The number of alkyl halides is 3. The number of hydrogen-bond acceptors (Lipinski definition) is 6. The van der Waals surface area contributed by atoms with Gasteiger partial charge >= 0.3 is 6.18 Å². The Labute approximate surface area is 216 Å². The fourth-order valence-corrected chi connectivity index (χ4v) is 6.35. The van der Waals surface area contributed by atoms with E-state index in [2.05, 4.69) is 27.6 Å². The predicted molar refractivity (Wildman–Crippen MR) is 136 cm³/mol. The van der Waals surface area contributed by atoms with Gasteiger partial charge in [-0.2, -0.15) is 13.2 Å². The van der Waals surface area contributed by atoms with Gasteiger partial charge in [0.15, 0.2) is 0 Å². The average Bonchev–Trinajstić information content (AvgIpc) is 3.25. The largest absolute Gasteiger partial charge is 0.423 e. The molecule has 2 unspecified atom stereocenters. The molecule has 0 spiro atoms. The van der Waals surface area contributed by atoms with Gasteiger partial charge in [-0.1, -0.05) is 0 Å². The summed E-state index contributed by atoms with van der Waals surface area (Å²) in [6, 6.07) is 10.4. The van der Waals surface area contributed by atoms with Gasteiger partial charge in [-0.05, 0) is 67.5 Å². The van der Waals surface area contributed by atoms with E-state index in [4.69, 9.17) is 0 Å². The molecule has 2 aliphatic rings. The lowest BCUT2D eigenvalue weighted by Gasteiger charge is -2.42. The van der Waals surface area contributed by atoms with Crippen LogP contribution in [0.3, 0.4) is 0 Å². The van der Waals surface area contributed by atoms with Crippen LogP contribution in [-0.4, -0.2) is 53.0 Å². The normalized spacial score (nSPS) is 21.8. The maximum Gasteiger partial charge on any atom is 0.423 e. The molecule has 1 N–H and O–H groups in total. The molecule has 197 valence electrons. The second-order valence-corrected chi connectivity index (χ2v) is 10.8. The van der Waals surface area contributed by atoms with Crippen molar-refractivity contribution in [3.05, 3.63) is 75.3 Å². The van der Waals surface area contributed by atoms with Gasteiger partial charge in [0.1, 0.15) is 11.4 Å². The molecule has 2 heterocycles. The Hall–Kier alpha value is -2.76. The minimum atomic E-state index is -4.79. The number of nitrogens with one attached hydrogen (secondary N) is 1. The number of thiophene rings is 1. The quantitative estimate of drug-likeness (QED) is 0.227. The van der Waals surface area contributed by atoms with Crippen molar-refractivity contribution in [3.63, 3.8) is 0 Å². The molecular formula is C26H27F4N4O2S. The van der Waals surface area contributed by atoms with Gasteiger partial charge in [0, 0.05) is 66.1 Å². The number of piperazine rings is 1. The second kappa shape index (κ2) is 10.5. The van der Waals surface area contributed by atoms with Crippen LogP contribution in [0.15, 0.2) is 42.5 Å². The Kier molecular flexibility index (Phi) is 7.37. The van der Waals surface area contributed by atoms with Crippen LogP contribution in [-0.2, 0) is 12.7 Å². The molecule has 1 saturated carbocycles. The van der Waals surface area contributed by atoms with E-state index in [1.54, 1.807) is 17.4 Å². The smallest absolute Gasteiger partial charge is 0.382 e. The fraction of sp³-hybridized carbons (Fsp3) is 0.423. The van der Waals surface area contributed by atoms with Gasteiger partial charge in [-0.25, -0.2) is 4.39 Å². The van der Waals surface area contributed by atoms with Crippen LogP contribution in [0.2, 0.25) is 0 Å². The summed E-state index contributed by atoms with van der Waals surface area (Å²) in [5, 5.41) is 15.1. The number of nitro benzene ring substituents is 1.